The number of halogens is 2. The van der Waals surface area contributed by atoms with Crippen molar-refractivity contribution in [2.45, 2.75) is 88.1 Å². The van der Waals surface area contributed by atoms with Gasteiger partial charge in [-0.2, -0.15) is 17.2 Å². The fraction of sp³-hybridized carbons (Fsp3) is 0.895. The van der Waals surface area contributed by atoms with Crippen molar-refractivity contribution in [1.29, 1.82) is 0 Å². The van der Waals surface area contributed by atoms with Crippen molar-refractivity contribution in [3.63, 3.8) is 0 Å². The van der Waals surface area contributed by atoms with E-state index in [1.807, 2.05) is 0 Å². The van der Waals surface area contributed by atoms with Crippen LogP contribution in [-0.2, 0) is 29.2 Å². The van der Waals surface area contributed by atoms with Crippen LogP contribution in [-0.4, -0.2) is 42.4 Å². The lowest BCUT2D eigenvalue weighted by Crippen LogP contribution is -2.41. The smallest absolute Gasteiger partial charge is 0.370 e. The molecule has 3 saturated carbocycles. The molecule has 0 aromatic carbocycles. The zero-order chi connectivity index (χ0) is 21.2. The van der Waals surface area contributed by atoms with Crippen LogP contribution in [0.4, 0.5) is 8.78 Å². The van der Waals surface area contributed by atoms with E-state index in [9.17, 15) is 26.8 Å². The molecule has 1 N–H and O–H groups in total. The third-order valence-electron chi connectivity index (χ3n) is 6.45. The second-order valence-electron chi connectivity index (χ2n) is 8.49. The maximum Gasteiger partial charge on any atom is 0.370 e. The number of fused-ring (bicyclic) bond motifs is 2. The first kappa shape index (κ1) is 22.4. The minimum absolute atomic E-state index is 0.0902. The maximum absolute atomic E-state index is 13.2. The first-order valence-corrected chi connectivity index (χ1v) is 11.8. The van der Waals surface area contributed by atoms with Crippen LogP contribution in [0.5, 0.6) is 0 Å². The molecule has 166 valence electrons. The first-order valence-electron chi connectivity index (χ1n) is 10.3. The van der Waals surface area contributed by atoms with E-state index in [-0.39, 0.29) is 23.7 Å². The van der Waals surface area contributed by atoms with Crippen LogP contribution in [0.1, 0.15) is 70.6 Å². The minimum atomic E-state index is -5.51. The quantitative estimate of drug-likeness (QED) is 0.457. The Bertz CT molecular complexity index is 718. The van der Waals surface area contributed by atoms with Crippen LogP contribution in [0.15, 0.2) is 0 Å². The summed E-state index contributed by atoms with van der Waals surface area (Å²) in [6, 6.07) is 0. The van der Waals surface area contributed by atoms with E-state index < -0.39 is 52.8 Å². The summed E-state index contributed by atoms with van der Waals surface area (Å²) in [6.07, 6.45) is 4.24. The Labute approximate surface area is 169 Å². The summed E-state index contributed by atoms with van der Waals surface area (Å²) in [7, 11) is -5.51. The highest BCUT2D eigenvalue weighted by Crippen LogP contribution is 2.48. The molecular formula is C19H28F2O7S. The second-order valence-corrected chi connectivity index (χ2v) is 10.0. The Balaban J connectivity index is 1.51. The van der Waals surface area contributed by atoms with Gasteiger partial charge in [0.2, 0.25) is 0 Å². The third kappa shape index (κ3) is 5.25. The monoisotopic (exact) mass is 438 g/mol. The SMILES string of the molecule is O=C(CCCC(F)(F)S(=O)(=O)O)OC1C2CCC(C2)C1OC(=O)C1CCCCC1. The minimum Gasteiger partial charge on any atom is -0.458 e. The lowest BCUT2D eigenvalue weighted by Gasteiger charge is -2.32. The Morgan fingerprint density at radius 1 is 0.966 bits per heavy atom. The van der Waals surface area contributed by atoms with E-state index in [4.69, 9.17) is 14.0 Å². The van der Waals surface area contributed by atoms with Gasteiger partial charge in [-0.25, -0.2) is 0 Å². The summed E-state index contributed by atoms with van der Waals surface area (Å²) >= 11 is 0. The topological polar surface area (TPSA) is 107 Å². The number of ether oxygens (including phenoxy) is 2. The molecule has 4 unspecified atom stereocenters. The van der Waals surface area contributed by atoms with Gasteiger partial charge in [0, 0.05) is 24.7 Å². The molecule has 2 bridgehead atoms. The van der Waals surface area contributed by atoms with Gasteiger partial charge in [0.15, 0.2) is 0 Å². The fourth-order valence-corrected chi connectivity index (χ4v) is 5.26. The largest absolute Gasteiger partial charge is 0.458 e. The van der Waals surface area contributed by atoms with Gasteiger partial charge in [0.1, 0.15) is 12.2 Å². The van der Waals surface area contributed by atoms with Crippen molar-refractivity contribution in [1.82, 2.24) is 0 Å². The maximum atomic E-state index is 13.2. The molecular weight excluding hydrogens is 410 g/mol. The molecule has 0 saturated heterocycles. The highest BCUT2D eigenvalue weighted by molar-refractivity contribution is 7.86. The number of esters is 2. The normalized spacial score (nSPS) is 30.3. The number of carbonyl (C=O) groups is 2. The number of alkyl halides is 2. The summed E-state index contributed by atoms with van der Waals surface area (Å²) in [4.78, 5) is 24.6. The molecule has 0 amide bonds. The molecule has 3 fully saturated rings. The molecule has 0 aromatic rings. The Morgan fingerprint density at radius 3 is 2.14 bits per heavy atom. The zero-order valence-electron chi connectivity index (χ0n) is 16.2. The van der Waals surface area contributed by atoms with Crippen molar-refractivity contribution in [2.75, 3.05) is 0 Å². The molecule has 29 heavy (non-hydrogen) atoms. The van der Waals surface area contributed by atoms with E-state index in [2.05, 4.69) is 0 Å². The lowest BCUT2D eigenvalue weighted by molar-refractivity contribution is -0.176. The highest BCUT2D eigenvalue weighted by atomic mass is 32.2. The summed E-state index contributed by atoms with van der Waals surface area (Å²) in [5.41, 5.74) is 0. The van der Waals surface area contributed by atoms with Crippen LogP contribution in [0, 0.1) is 17.8 Å². The lowest BCUT2D eigenvalue weighted by atomic mass is 9.89. The number of rotatable bonds is 8. The van der Waals surface area contributed by atoms with E-state index in [1.165, 1.54) is 0 Å². The molecule has 7 nitrogen and oxygen atoms in total. The van der Waals surface area contributed by atoms with Crippen LogP contribution in [0.3, 0.4) is 0 Å². The molecule has 0 aliphatic heterocycles. The summed E-state index contributed by atoms with van der Waals surface area (Å²) < 4.78 is 67.4. The van der Waals surface area contributed by atoms with Crippen molar-refractivity contribution in [2.24, 2.45) is 17.8 Å². The Morgan fingerprint density at radius 2 is 1.55 bits per heavy atom. The van der Waals surface area contributed by atoms with Gasteiger partial charge < -0.3 is 9.47 Å². The van der Waals surface area contributed by atoms with Crippen molar-refractivity contribution < 1.29 is 40.8 Å². The van der Waals surface area contributed by atoms with Crippen molar-refractivity contribution in [3.8, 4) is 0 Å². The molecule has 3 aliphatic rings. The average Bonchev–Trinajstić information content (AvgIpc) is 3.24. The van der Waals surface area contributed by atoms with E-state index in [1.54, 1.807) is 0 Å². The average molecular weight is 438 g/mol. The van der Waals surface area contributed by atoms with Crippen LogP contribution in [0.25, 0.3) is 0 Å². The van der Waals surface area contributed by atoms with Crippen LogP contribution < -0.4 is 0 Å². The standard InChI is InChI=1S/C19H28F2O7S/c20-19(21,29(24,25)26)10-4-7-15(22)27-16-13-8-9-14(11-13)17(16)28-18(23)12-5-2-1-3-6-12/h12-14,16-17H,1-11H2,(H,24,25,26). The van der Waals surface area contributed by atoms with E-state index >= 15 is 0 Å². The second kappa shape index (κ2) is 8.83. The van der Waals surface area contributed by atoms with Gasteiger partial charge in [-0.05, 0) is 38.5 Å². The predicted octanol–water partition coefficient (Wildman–Crippen LogP) is 3.47. The van der Waals surface area contributed by atoms with Crippen LogP contribution >= 0.6 is 0 Å². The van der Waals surface area contributed by atoms with Gasteiger partial charge in [-0.1, -0.05) is 19.3 Å². The Kier molecular flexibility index (Phi) is 6.82. The molecule has 3 aliphatic carbocycles. The Hall–Kier alpha value is -1.29. The first-order chi connectivity index (χ1) is 13.6. The van der Waals surface area contributed by atoms with Crippen molar-refractivity contribution >= 4 is 22.1 Å². The molecule has 0 heterocycles. The molecule has 4 atom stereocenters. The van der Waals surface area contributed by atoms with Gasteiger partial charge in [-0.3, -0.25) is 14.1 Å². The zero-order valence-corrected chi connectivity index (χ0v) is 17.0. The van der Waals surface area contributed by atoms with Gasteiger partial charge >= 0.3 is 27.3 Å². The predicted molar refractivity (Wildman–Crippen MR) is 97.5 cm³/mol. The summed E-state index contributed by atoms with van der Waals surface area (Å²) in [5.74, 6) is -0.841. The molecule has 0 radical (unpaired) electrons. The van der Waals surface area contributed by atoms with Crippen molar-refractivity contribution in [3.05, 3.63) is 0 Å². The van der Waals surface area contributed by atoms with Gasteiger partial charge in [-0.15, -0.1) is 0 Å². The molecule has 10 heteroatoms. The molecule has 0 aromatic heterocycles. The van der Waals surface area contributed by atoms with Gasteiger partial charge in [0.05, 0.1) is 5.92 Å². The number of carbonyl (C=O) groups excluding carboxylic acids is 2. The number of hydrogen-bond donors (Lipinski definition) is 1. The van der Waals surface area contributed by atoms with Crippen LogP contribution in [0.2, 0.25) is 0 Å². The van der Waals surface area contributed by atoms with E-state index in [0.29, 0.717) is 0 Å². The molecule has 3 rings (SSSR count). The summed E-state index contributed by atoms with van der Waals surface area (Å²) in [5, 5.41) is -4.29. The highest BCUT2D eigenvalue weighted by Gasteiger charge is 2.52. The van der Waals surface area contributed by atoms with Gasteiger partial charge in [0.25, 0.3) is 0 Å². The number of hydrogen-bond acceptors (Lipinski definition) is 6. The van der Waals surface area contributed by atoms with E-state index in [0.717, 1.165) is 51.4 Å². The third-order valence-corrected chi connectivity index (χ3v) is 7.41. The summed E-state index contributed by atoms with van der Waals surface area (Å²) in [6.45, 7) is 0. The fourth-order valence-electron chi connectivity index (χ4n) is 4.86. The molecule has 0 spiro atoms.